The standard InChI is InChI=1S/C11H19F3N2O2/c12-11(13,14)10(17)8-15-2-1-9(7-15)16-3-5-18-6-4-16/h9-10,17H,1-8H2. The number of nitrogens with zero attached hydrogens (tertiary/aromatic N) is 2. The molecule has 1 N–H and O–H groups in total. The highest BCUT2D eigenvalue weighted by atomic mass is 19.4. The van der Waals surface area contributed by atoms with Crippen molar-refractivity contribution in [1.82, 2.24) is 9.80 Å². The SMILES string of the molecule is OC(CN1CCC(N2CCOCC2)C1)C(F)(F)F. The van der Waals surface area contributed by atoms with Crippen molar-refractivity contribution in [1.29, 1.82) is 0 Å². The molecule has 2 heterocycles. The molecule has 0 aliphatic carbocycles. The quantitative estimate of drug-likeness (QED) is 0.799. The van der Waals surface area contributed by atoms with Crippen molar-refractivity contribution in [2.45, 2.75) is 24.7 Å². The predicted molar refractivity (Wildman–Crippen MR) is 59.3 cm³/mol. The monoisotopic (exact) mass is 268 g/mol. The van der Waals surface area contributed by atoms with Gasteiger partial charge in [-0.1, -0.05) is 0 Å². The number of aliphatic hydroxyl groups excluding tert-OH is 1. The molecule has 7 heteroatoms. The summed E-state index contributed by atoms with van der Waals surface area (Å²) in [4.78, 5) is 3.96. The van der Waals surface area contributed by atoms with E-state index >= 15 is 0 Å². The van der Waals surface area contributed by atoms with Crippen molar-refractivity contribution in [2.75, 3.05) is 45.9 Å². The van der Waals surface area contributed by atoms with Gasteiger partial charge in [0.25, 0.3) is 0 Å². The second kappa shape index (κ2) is 5.73. The number of morpholine rings is 1. The third kappa shape index (κ3) is 3.57. The maximum absolute atomic E-state index is 12.3. The van der Waals surface area contributed by atoms with Crippen LogP contribution < -0.4 is 0 Å². The fourth-order valence-electron chi connectivity index (χ4n) is 2.57. The molecule has 0 aromatic carbocycles. The van der Waals surface area contributed by atoms with Gasteiger partial charge in [-0.05, 0) is 13.0 Å². The van der Waals surface area contributed by atoms with Gasteiger partial charge in [0.15, 0.2) is 6.10 Å². The van der Waals surface area contributed by atoms with Crippen molar-refractivity contribution in [3.63, 3.8) is 0 Å². The molecule has 2 aliphatic heterocycles. The lowest BCUT2D eigenvalue weighted by Crippen LogP contribution is -2.46. The number of β-amino-alcohol motifs (C(OH)–C–C–N with tert-alkyl or cyclic N) is 1. The minimum absolute atomic E-state index is 0.300. The van der Waals surface area contributed by atoms with Crippen molar-refractivity contribution in [2.24, 2.45) is 0 Å². The van der Waals surface area contributed by atoms with Crippen molar-refractivity contribution >= 4 is 0 Å². The molecule has 2 fully saturated rings. The van der Waals surface area contributed by atoms with E-state index in [2.05, 4.69) is 4.90 Å². The van der Waals surface area contributed by atoms with E-state index < -0.39 is 12.3 Å². The number of aliphatic hydroxyl groups is 1. The third-order valence-electron chi connectivity index (χ3n) is 3.62. The molecule has 106 valence electrons. The molecule has 2 unspecified atom stereocenters. The highest BCUT2D eigenvalue weighted by Gasteiger charge is 2.40. The smallest absolute Gasteiger partial charge is 0.382 e. The Labute approximate surface area is 104 Å². The first-order valence-electron chi connectivity index (χ1n) is 6.26. The zero-order chi connectivity index (χ0) is 13.2. The van der Waals surface area contributed by atoms with Crippen molar-refractivity contribution in [3.8, 4) is 0 Å². The van der Waals surface area contributed by atoms with Gasteiger partial charge in [-0.15, -0.1) is 0 Å². The molecule has 0 aromatic heterocycles. The maximum atomic E-state index is 12.3. The summed E-state index contributed by atoms with van der Waals surface area (Å²) in [5.41, 5.74) is 0. The number of ether oxygens (including phenoxy) is 1. The van der Waals surface area contributed by atoms with E-state index in [-0.39, 0.29) is 6.54 Å². The number of likely N-dealkylation sites (tertiary alicyclic amines) is 1. The highest BCUT2D eigenvalue weighted by molar-refractivity contribution is 4.86. The van der Waals surface area contributed by atoms with E-state index in [9.17, 15) is 13.2 Å². The number of hydrogen-bond donors (Lipinski definition) is 1. The van der Waals surface area contributed by atoms with Crippen LogP contribution in [-0.4, -0.2) is 79.2 Å². The average Bonchev–Trinajstić information content (AvgIpc) is 2.77. The predicted octanol–water partition coefficient (Wildman–Crippen LogP) is 0.316. The van der Waals surface area contributed by atoms with Gasteiger partial charge < -0.3 is 9.84 Å². The molecule has 2 saturated heterocycles. The minimum atomic E-state index is -4.52. The first-order valence-corrected chi connectivity index (χ1v) is 6.26. The zero-order valence-electron chi connectivity index (χ0n) is 10.2. The number of halogens is 3. The summed E-state index contributed by atoms with van der Waals surface area (Å²) in [6, 6.07) is 0.300. The molecule has 0 bridgehead atoms. The van der Waals surface area contributed by atoms with Crippen LogP contribution >= 0.6 is 0 Å². The van der Waals surface area contributed by atoms with Crippen LogP contribution in [0.5, 0.6) is 0 Å². The van der Waals surface area contributed by atoms with Gasteiger partial charge >= 0.3 is 6.18 Å². The fourth-order valence-corrected chi connectivity index (χ4v) is 2.57. The van der Waals surface area contributed by atoms with Crippen LogP contribution in [0, 0.1) is 0 Å². The van der Waals surface area contributed by atoms with Gasteiger partial charge in [-0.2, -0.15) is 13.2 Å². The van der Waals surface area contributed by atoms with Gasteiger partial charge in [0.2, 0.25) is 0 Å². The largest absolute Gasteiger partial charge is 0.415 e. The molecule has 0 amide bonds. The topological polar surface area (TPSA) is 35.9 Å². The molecule has 4 nitrogen and oxygen atoms in total. The number of alkyl halides is 3. The highest BCUT2D eigenvalue weighted by Crippen LogP contribution is 2.23. The van der Waals surface area contributed by atoms with Crippen LogP contribution in [0.4, 0.5) is 13.2 Å². The average molecular weight is 268 g/mol. The molecule has 0 saturated carbocycles. The number of rotatable bonds is 3. The van der Waals surface area contributed by atoms with Crippen LogP contribution in [0.1, 0.15) is 6.42 Å². The van der Waals surface area contributed by atoms with E-state index in [1.165, 1.54) is 0 Å². The Morgan fingerprint density at radius 2 is 1.89 bits per heavy atom. The molecule has 18 heavy (non-hydrogen) atoms. The lowest BCUT2D eigenvalue weighted by molar-refractivity contribution is -0.207. The molecular formula is C11H19F3N2O2. The van der Waals surface area contributed by atoms with E-state index in [1.54, 1.807) is 4.90 Å². The first kappa shape index (κ1) is 14.0. The Balaban J connectivity index is 1.77. The minimum Gasteiger partial charge on any atom is -0.382 e. The maximum Gasteiger partial charge on any atom is 0.415 e. The molecular weight excluding hydrogens is 249 g/mol. The molecule has 0 aromatic rings. The van der Waals surface area contributed by atoms with E-state index in [1.807, 2.05) is 0 Å². The van der Waals surface area contributed by atoms with Crippen molar-refractivity contribution < 1.29 is 23.0 Å². The Kier molecular flexibility index (Phi) is 4.47. The Hall–Kier alpha value is -0.370. The normalized spacial score (nSPS) is 29.7. The third-order valence-corrected chi connectivity index (χ3v) is 3.62. The van der Waals surface area contributed by atoms with Gasteiger partial charge in [0, 0.05) is 32.2 Å². The summed E-state index contributed by atoms with van der Waals surface area (Å²) in [6.45, 7) is 4.00. The van der Waals surface area contributed by atoms with Gasteiger partial charge in [0.05, 0.1) is 13.2 Å². The van der Waals surface area contributed by atoms with Crippen LogP contribution in [0.15, 0.2) is 0 Å². The van der Waals surface area contributed by atoms with Crippen molar-refractivity contribution in [3.05, 3.63) is 0 Å². The van der Waals surface area contributed by atoms with E-state index in [4.69, 9.17) is 9.84 Å². The summed E-state index contributed by atoms with van der Waals surface area (Å²) < 4.78 is 42.0. The Morgan fingerprint density at radius 1 is 1.22 bits per heavy atom. The fraction of sp³-hybridized carbons (Fsp3) is 1.00. The summed E-state index contributed by atoms with van der Waals surface area (Å²) in [5, 5.41) is 9.04. The number of hydrogen-bond acceptors (Lipinski definition) is 4. The zero-order valence-corrected chi connectivity index (χ0v) is 10.2. The molecule has 0 radical (unpaired) electrons. The summed E-state index contributed by atoms with van der Waals surface area (Å²) in [7, 11) is 0. The van der Waals surface area contributed by atoms with E-state index in [0.29, 0.717) is 32.3 Å². The second-order valence-corrected chi connectivity index (χ2v) is 4.91. The van der Waals surface area contributed by atoms with Crippen LogP contribution in [0.25, 0.3) is 0 Å². The molecule has 2 rings (SSSR count). The lowest BCUT2D eigenvalue weighted by Gasteiger charge is -2.32. The molecule has 2 atom stereocenters. The molecule has 0 spiro atoms. The van der Waals surface area contributed by atoms with Gasteiger partial charge in [0.1, 0.15) is 0 Å². The van der Waals surface area contributed by atoms with Crippen LogP contribution in [0.2, 0.25) is 0 Å². The first-order chi connectivity index (χ1) is 8.47. The lowest BCUT2D eigenvalue weighted by atomic mass is 10.2. The van der Waals surface area contributed by atoms with E-state index in [0.717, 1.165) is 19.5 Å². The summed E-state index contributed by atoms with van der Waals surface area (Å²) >= 11 is 0. The summed E-state index contributed by atoms with van der Waals surface area (Å²) in [5.74, 6) is 0. The molecule has 2 aliphatic rings. The van der Waals surface area contributed by atoms with Crippen LogP contribution in [0.3, 0.4) is 0 Å². The Morgan fingerprint density at radius 3 is 2.50 bits per heavy atom. The van der Waals surface area contributed by atoms with Gasteiger partial charge in [-0.3, -0.25) is 9.80 Å². The van der Waals surface area contributed by atoms with Crippen LogP contribution in [-0.2, 0) is 4.74 Å². The summed E-state index contributed by atoms with van der Waals surface area (Å²) in [6.07, 6.45) is -5.89. The van der Waals surface area contributed by atoms with Gasteiger partial charge in [-0.25, -0.2) is 0 Å². The Bertz CT molecular complexity index is 270. The second-order valence-electron chi connectivity index (χ2n) is 4.91.